The number of aryl methyl sites for hydroxylation is 2. The second-order valence-corrected chi connectivity index (χ2v) is 7.66. The molecule has 1 aliphatic heterocycles. The van der Waals surface area contributed by atoms with Crippen molar-refractivity contribution in [2.45, 2.75) is 64.6 Å². The van der Waals surface area contributed by atoms with Gasteiger partial charge in [0.05, 0.1) is 11.4 Å². The molecule has 1 aromatic rings. The van der Waals surface area contributed by atoms with Crippen molar-refractivity contribution in [3.8, 4) is 0 Å². The molecule has 3 rings (SSSR count). The molecule has 0 spiro atoms. The van der Waals surface area contributed by atoms with Gasteiger partial charge in [0.15, 0.2) is 0 Å². The van der Waals surface area contributed by atoms with Gasteiger partial charge in [0.25, 0.3) is 0 Å². The summed E-state index contributed by atoms with van der Waals surface area (Å²) in [4.78, 5) is 2.72. The number of rotatable bonds is 4. The van der Waals surface area contributed by atoms with Gasteiger partial charge in [-0.1, -0.05) is 6.92 Å². The first-order valence-electron chi connectivity index (χ1n) is 8.36. The maximum atomic E-state index is 4.52. The molecule has 4 nitrogen and oxygen atoms in total. The lowest BCUT2D eigenvalue weighted by Gasteiger charge is -2.52. The maximum absolute atomic E-state index is 4.52. The highest BCUT2D eigenvalue weighted by Gasteiger charge is 2.50. The highest BCUT2D eigenvalue weighted by Crippen LogP contribution is 2.45. The zero-order valence-corrected chi connectivity index (χ0v) is 14.2. The minimum absolute atomic E-state index is 0.238. The van der Waals surface area contributed by atoms with Gasteiger partial charge in [-0.05, 0) is 52.0 Å². The summed E-state index contributed by atoms with van der Waals surface area (Å²) in [7, 11) is 2.07. The van der Waals surface area contributed by atoms with Gasteiger partial charge in [-0.3, -0.25) is 9.58 Å². The number of nitrogens with zero attached hydrogens (tertiary/aromatic N) is 3. The third-order valence-corrected chi connectivity index (χ3v) is 5.82. The van der Waals surface area contributed by atoms with Crippen LogP contribution < -0.4 is 5.32 Å². The molecular formula is C17H30N4. The van der Waals surface area contributed by atoms with Crippen LogP contribution in [0.1, 0.15) is 51.4 Å². The molecule has 2 unspecified atom stereocenters. The molecule has 2 fully saturated rings. The minimum atomic E-state index is 0.238. The summed E-state index contributed by atoms with van der Waals surface area (Å²) < 4.78 is 2.05. The highest BCUT2D eigenvalue weighted by molar-refractivity contribution is 5.13. The van der Waals surface area contributed by atoms with E-state index in [-0.39, 0.29) is 5.54 Å². The third kappa shape index (κ3) is 2.76. The Balaban J connectivity index is 1.84. The van der Waals surface area contributed by atoms with Crippen molar-refractivity contribution in [1.29, 1.82) is 0 Å². The first-order valence-corrected chi connectivity index (χ1v) is 8.36. The summed E-state index contributed by atoms with van der Waals surface area (Å²) in [5.41, 5.74) is 2.99. The largest absolute Gasteiger partial charge is 0.308 e. The van der Waals surface area contributed by atoms with E-state index in [1.54, 1.807) is 0 Å². The van der Waals surface area contributed by atoms with Gasteiger partial charge in [0.2, 0.25) is 0 Å². The molecule has 1 aromatic heterocycles. The van der Waals surface area contributed by atoms with Crippen LogP contribution in [-0.4, -0.2) is 38.8 Å². The van der Waals surface area contributed by atoms with Gasteiger partial charge >= 0.3 is 0 Å². The first-order chi connectivity index (χ1) is 9.86. The molecule has 1 aliphatic carbocycles. The number of hydrogen-bond donors (Lipinski definition) is 1. The fourth-order valence-corrected chi connectivity index (χ4v) is 3.75. The SMILES string of the molecule is CCC1(C)CN(Cc2cc(C)nn2C)C(C)(C2CC2)CN1. The fraction of sp³-hybridized carbons (Fsp3) is 0.824. The zero-order valence-electron chi connectivity index (χ0n) is 14.2. The van der Waals surface area contributed by atoms with Crippen molar-refractivity contribution in [3.05, 3.63) is 17.5 Å². The molecule has 2 heterocycles. The smallest absolute Gasteiger partial charge is 0.0597 e. The van der Waals surface area contributed by atoms with Crippen molar-refractivity contribution in [2.75, 3.05) is 13.1 Å². The molecule has 21 heavy (non-hydrogen) atoms. The maximum Gasteiger partial charge on any atom is 0.0597 e. The molecule has 2 atom stereocenters. The van der Waals surface area contributed by atoms with Crippen LogP contribution in [0.25, 0.3) is 0 Å². The Hall–Kier alpha value is -0.870. The van der Waals surface area contributed by atoms with Gasteiger partial charge in [0, 0.05) is 37.8 Å². The molecule has 0 aromatic carbocycles. The zero-order chi connectivity index (χ0) is 15.3. The van der Waals surface area contributed by atoms with Gasteiger partial charge in [-0.15, -0.1) is 0 Å². The summed E-state index contributed by atoms with van der Waals surface area (Å²) in [5.74, 6) is 0.862. The Morgan fingerprint density at radius 3 is 2.62 bits per heavy atom. The van der Waals surface area contributed by atoms with E-state index in [0.29, 0.717) is 5.54 Å². The summed E-state index contributed by atoms with van der Waals surface area (Å²) in [5, 5.41) is 8.34. The van der Waals surface area contributed by atoms with E-state index in [9.17, 15) is 0 Å². The van der Waals surface area contributed by atoms with E-state index < -0.39 is 0 Å². The van der Waals surface area contributed by atoms with Gasteiger partial charge in [-0.25, -0.2) is 0 Å². The van der Waals surface area contributed by atoms with Crippen molar-refractivity contribution in [1.82, 2.24) is 20.0 Å². The summed E-state index contributed by atoms with van der Waals surface area (Å²) in [6, 6.07) is 2.23. The topological polar surface area (TPSA) is 33.1 Å². The first kappa shape index (κ1) is 15.0. The third-order valence-electron chi connectivity index (χ3n) is 5.82. The van der Waals surface area contributed by atoms with Gasteiger partial charge in [-0.2, -0.15) is 5.10 Å². The van der Waals surface area contributed by atoms with Crippen LogP contribution in [0.15, 0.2) is 6.07 Å². The summed E-state index contributed by atoms with van der Waals surface area (Å²) >= 11 is 0. The number of nitrogens with one attached hydrogen (secondary N) is 1. The quantitative estimate of drug-likeness (QED) is 0.925. The predicted octanol–water partition coefficient (Wildman–Crippen LogP) is 2.47. The van der Waals surface area contributed by atoms with Gasteiger partial charge in [0.1, 0.15) is 0 Å². The van der Waals surface area contributed by atoms with Crippen LogP contribution in [0.3, 0.4) is 0 Å². The second kappa shape index (κ2) is 5.10. The molecule has 1 N–H and O–H groups in total. The van der Waals surface area contributed by atoms with Crippen LogP contribution in [0.5, 0.6) is 0 Å². The summed E-state index contributed by atoms with van der Waals surface area (Å²) in [6.07, 6.45) is 3.96. The van der Waals surface area contributed by atoms with Crippen molar-refractivity contribution in [2.24, 2.45) is 13.0 Å². The highest BCUT2D eigenvalue weighted by atomic mass is 15.3. The second-order valence-electron chi connectivity index (χ2n) is 7.66. The van der Waals surface area contributed by atoms with Crippen LogP contribution in [0.4, 0.5) is 0 Å². The predicted molar refractivity (Wildman–Crippen MR) is 86.2 cm³/mol. The van der Waals surface area contributed by atoms with Crippen LogP contribution in [-0.2, 0) is 13.6 Å². The Bertz CT molecular complexity index is 519. The van der Waals surface area contributed by atoms with E-state index in [4.69, 9.17) is 0 Å². The van der Waals surface area contributed by atoms with E-state index in [1.165, 1.54) is 25.0 Å². The van der Waals surface area contributed by atoms with Crippen LogP contribution >= 0.6 is 0 Å². The normalized spacial score (nSPS) is 34.3. The van der Waals surface area contributed by atoms with E-state index in [2.05, 4.69) is 56.1 Å². The molecule has 1 saturated heterocycles. The number of piperazine rings is 1. The standard InChI is InChI=1S/C17H30N4/c1-6-16(3)12-21(10-15-9-13(2)19-20(15)5)17(4,11-18-16)14-7-8-14/h9,14,18H,6-8,10-12H2,1-5H3. The molecule has 118 valence electrons. The molecule has 4 heteroatoms. The average Bonchev–Trinajstić information content (AvgIpc) is 3.23. The minimum Gasteiger partial charge on any atom is -0.308 e. The van der Waals surface area contributed by atoms with E-state index in [1.807, 2.05) is 4.68 Å². The Morgan fingerprint density at radius 2 is 2.10 bits per heavy atom. The fourth-order valence-electron chi connectivity index (χ4n) is 3.75. The molecular weight excluding hydrogens is 260 g/mol. The lowest BCUT2D eigenvalue weighted by molar-refractivity contribution is -0.00290. The van der Waals surface area contributed by atoms with Crippen LogP contribution in [0.2, 0.25) is 0 Å². The van der Waals surface area contributed by atoms with Crippen LogP contribution in [0, 0.1) is 12.8 Å². The molecule has 0 amide bonds. The summed E-state index contributed by atoms with van der Waals surface area (Å²) in [6.45, 7) is 12.4. The lowest BCUT2D eigenvalue weighted by atomic mass is 9.84. The Kier molecular flexibility index (Phi) is 3.65. The van der Waals surface area contributed by atoms with E-state index in [0.717, 1.165) is 31.2 Å². The van der Waals surface area contributed by atoms with E-state index >= 15 is 0 Å². The van der Waals surface area contributed by atoms with Crippen molar-refractivity contribution in [3.63, 3.8) is 0 Å². The molecule has 1 saturated carbocycles. The lowest BCUT2D eigenvalue weighted by Crippen LogP contribution is -2.68. The van der Waals surface area contributed by atoms with Crippen molar-refractivity contribution < 1.29 is 0 Å². The van der Waals surface area contributed by atoms with Gasteiger partial charge < -0.3 is 5.32 Å². The molecule has 0 bridgehead atoms. The number of aromatic nitrogens is 2. The monoisotopic (exact) mass is 290 g/mol. The Morgan fingerprint density at radius 1 is 1.38 bits per heavy atom. The molecule has 2 aliphatic rings. The Labute approximate surface area is 128 Å². The molecule has 0 radical (unpaired) electrons. The van der Waals surface area contributed by atoms with Crippen molar-refractivity contribution >= 4 is 0 Å². The average molecular weight is 290 g/mol. The number of hydrogen-bond acceptors (Lipinski definition) is 3.